The molecule has 0 saturated carbocycles. The van der Waals surface area contributed by atoms with E-state index >= 15 is 0 Å². The zero-order valence-electron chi connectivity index (χ0n) is 15.0. The number of Topliss-reactive ketones (excluding diaryl/α,β-unsaturated/α-hetero) is 1. The minimum Gasteiger partial charge on any atom is -0.459 e. The maximum atomic E-state index is 12.7. The number of amides is 1. The molecule has 1 fully saturated rings. The van der Waals surface area contributed by atoms with Crippen molar-refractivity contribution in [2.75, 3.05) is 6.54 Å². The van der Waals surface area contributed by atoms with Crippen LogP contribution in [0.25, 0.3) is 0 Å². The minimum absolute atomic E-state index is 0.0616. The van der Waals surface area contributed by atoms with Crippen molar-refractivity contribution in [1.29, 1.82) is 0 Å². The van der Waals surface area contributed by atoms with Crippen molar-refractivity contribution in [2.45, 2.75) is 52.7 Å². The molecule has 2 atom stereocenters. The van der Waals surface area contributed by atoms with Gasteiger partial charge in [0.1, 0.15) is 5.60 Å². The number of rotatable bonds is 4. The molecule has 1 aromatic rings. The van der Waals surface area contributed by atoms with E-state index in [1.54, 1.807) is 27.7 Å². The Bertz CT molecular complexity index is 647. The highest BCUT2D eigenvalue weighted by molar-refractivity contribution is 6.44. The van der Waals surface area contributed by atoms with E-state index in [1.165, 1.54) is 4.90 Å². The van der Waals surface area contributed by atoms with Crippen molar-refractivity contribution in [1.82, 2.24) is 4.90 Å². The molecule has 5 heteroatoms. The SMILES string of the molecule is CC[C@@]1(C(=O)OC(C)(C)C)CN([C@H](C)c2ccccc2)C(=O)C1=O. The highest BCUT2D eigenvalue weighted by Crippen LogP contribution is 2.38. The minimum atomic E-state index is -1.41. The van der Waals surface area contributed by atoms with Gasteiger partial charge in [0.2, 0.25) is 5.78 Å². The summed E-state index contributed by atoms with van der Waals surface area (Å²) in [5, 5.41) is 0. The van der Waals surface area contributed by atoms with Crippen LogP contribution in [0.4, 0.5) is 0 Å². The van der Waals surface area contributed by atoms with Crippen molar-refractivity contribution in [2.24, 2.45) is 5.41 Å². The third-order valence-corrected chi connectivity index (χ3v) is 4.47. The smallest absolute Gasteiger partial charge is 0.322 e. The summed E-state index contributed by atoms with van der Waals surface area (Å²) in [5.41, 5.74) is -1.19. The summed E-state index contributed by atoms with van der Waals surface area (Å²) in [6.45, 7) is 8.92. The number of ether oxygens (including phenoxy) is 1. The summed E-state index contributed by atoms with van der Waals surface area (Å²) in [5.74, 6) is -1.89. The van der Waals surface area contributed by atoms with Gasteiger partial charge in [0, 0.05) is 6.54 Å². The van der Waals surface area contributed by atoms with E-state index in [2.05, 4.69) is 0 Å². The molecule has 0 unspecified atom stereocenters. The Labute approximate surface area is 143 Å². The highest BCUT2D eigenvalue weighted by Gasteiger charge is 2.58. The fraction of sp³-hybridized carbons (Fsp3) is 0.526. The second-order valence-electron chi connectivity index (χ2n) is 7.29. The number of likely N-dealkylation sites (tertiary alicyclic amines) is 1. The molecule has 130 valence electrons. The molecule has 1 heterocycles. The van der Waals surface area contributed by atoms with Crippen molar-refractivity contribution in [3.63, 3.8) is 0 Å². The second-order valence-corrected chi connectivity index (χ2v) is 7.29. The van der Waals surface area contributed by atoms with Gasteiger partial charge in [-0.1, -0.05) is 37.3 Å². The first-order chi connectivity index (χ1) is 11.1. The van der Waals surface area contributed by atoms with Gasteiger partial charge in [-0.05, 0) is 39.7 Å². The van der Waals surface area contributed by atoms with Crippen LogP contribution in [0.15, 0.2) is 30.3 Å². The molecular weight excluding hydrogens is 306 g/mol. The Morgan fingerprint density at radius 3 is 2.33 bits per heavy atom. The van der Waals surface area contributed by atoms with Crippen LogP contribution in [0, 0.1) is 5.41 Å². The summed E-state index contributed by atoms with van der Waals surface area (Å²) in [6, 6.07) is 9.19. The third-order valence-electron chi connectivity index (χ3n) is 4.47. The molecular formula is C19H25NO4. The van der Waals surface area contributed by atoms with E-state index in [4.69, 9.17) is 4.74 Å². The number of esters is 1. The molecule has 0 aliphatic carbocycles. The molecule has 1 aliphatic rings. The van der Waals surface area contributed by atoms with Crippen LogP contribution in [-0.4, -0.2) is 34.7 Å². The monoisotopic (exact) mass is 331 g/mol. The maximum Gasteiger partial charge on any atom is 0.322 e. The van der Waals surface area contributed by atoms with Crippen LogP contribution in [0.5, 0.6) is 0 Å². The summed E-state index contributed by atoms with van der Waals surface area (Å²) in [7, 11) is 0. The lowest BCUT2D eigenvalue weighted by atomic mass is 9.83. The fourth-order valence-electron chi connectivity index (χ4n) is 2.94. The number of ketones is 1. The van der Waals surface area contributed by atoms with Gasteiger partial charge in [-0.25, -0.2) is 0 Å². The molecule has 1 aromatic carbocycles. The Morgan fingerprint density at radius 2 is 1.83 bits per heavy atom. The predicted octanol–water partition coefficient (Wildman–Crippen LogP) is 2.90. The zero-order valence-corrected chi connectivity index (χ0v) is 15.0. The summed E-state index contributed by atoms with van der Waals surface area (Å²) in [4.78, 5) is 39.3. The topological polar surface area (TPSA) is 63.7 Å². The van der Waals surface area contributed by atoms with Crippen LogP contribution in [0.3, 0.4) is 0 Å². The van der Waals surface area contributed by atoms with E-state index in [9.17, 15) is 14.4 Å². The first kappa shape index (κ1) is 18.2. The number of carbonyl (C=O) groups is 3. The van der Waals surface area contributed by atoms with Crippen LogP contribution in [0.2, 0.25) is 0 Å². The Kier molecular flexibility index (Phi) is 4.83. The lowest BCUT2D eigenvalue weighted by Crippen LogP contribution is -2.43. The molecule has 0 radical (unpaired) electrons. The van der Waals surface area contributed by atoms with E-state index in [0.717, 1.165) is 5.56 Å². The lowest BCUT2D eigenvalue weighted by molar-refractivity contribution is -0.169. The van der Waals surface area contributed by atoms with Crippen LogP contribution in [0.1, 0.15) is 52.6 Å². The number of benzene rings is 1. The molecule has 2 rings (SSSR count). The van der Waals surface area contributed by atoms with Crippen LogP contribution >= 0.6 is 0 Å². The average molecular weight is 331 g/mol. The average Bonchev–Trinajstić information content (AvgIpc) is 2.79. The molecule has 5 nitrogen and oxygen atoms in total. The van der Waals surface area contributed by atoms with Gasteiger partial charge in [0.25, 0.3) is 5.91 Å². The van der Waals surface area contributed by atoms with Gasteiger partial charge in [-0.15, -0.1) is 0 Å². The number of carbonyl (C=O) groups excluding carboxylic acids is 3. The summed E-state index contributed by atoms with van der Waals surface area (Å²) < 4.78 is 5.43. The molecule has 0 spiro atoms. The van der Waals surface area contributed by atoms with E-state index in [0.29, 0.717) is 0 Å². The predicted molar refractivity (Wildman–Crippen MR) is 90.1 cm³/mol. The lowest BCUT2D eigenvalue weighted by Gasteiger charge is -2.30. The van der Waals surface area contributed by atoms with E-state index < -0.39 is 28.7 Å². The van der Waals surface area contributed by atoms with Crippen molar-refractivity contribution < 1.29 is 19.1 Å². The van der Waals surface area contributed by atoms with Crippen molar-refractivity contribution in [3.05, 3.63) is 35.9 Å². The number of hydrogen-bond donors (Lipinski definition) is 0. The Morgan fingerprint density at radius 1 is 1.25 bits per heavy atom. The zero-order chi connectivity index (χ0) is 18.1. The van der Waals surface area contributed by atoms with E-state index in [1.807, 2.05) is 37.3 Å². The highest BCUT2D eigenvalue weighted by atomic mass is 16.6. The van der Waals surface area contributed by atoms with Crippen LogP contribution < -0.4 is 0 Å². The quantitative estimate of drug-likeness (QED) is 0.483. The molecule has 24 heavy (non-hydrogen) atoms. The maximum absolute atomic E-state index is 12.7. The Hall–Kier alpha value is -2.17. The standard InChI is InChI=1S/C19H25NO4/c1-6-19(17(23)24-18(3,4)5)12-20(16(22)15(19)21)13(2)14-10-8-7-9-11-14/h7-11,13H,6,12H2,1-5H3/t13-,19-/m1/s1. The largest absolute Gasteiger partial charge is 0.459 e. The summed E-state index contributed by atoms with van der Waals surface area (Å²) in [6.07, 6.45) is 0.241. The van der Waals surface area contributed by atoms with Crippen molar-refractivity contribution in [3.8, 4) is 0 Å². The molecule has 1 saturated heterocycles. The third kappa shape index (κ3) is 3.21. The Balaban J connectivity index is 2.32. The first-order valence-electron chi connectivity index (χ1n) is 8.26. The first-order valence-corrected chi connectivity index (χ1v) is 8.26. The van der Waals surface area contributed by atoms with Crippen LogP contribution in [-0.2, 0) is 19.1 Å². The number of hydrogen-bond acceptors (Lipinski definition) is 4. The second kappa shape index (κ2) is 6.38. The van der Waals surface area contributed by atoms with Gasteiger partial charge < -0.3 is 9.64 Å². The molecule has 0 N–H and O–H groups in total. The number of nitrogens with zero attached hydrogens (tertiary/aromatic N) is 1. The van der Waals surface area contributed by atoms with E-state index in [-0.39, 0.29) is 19.0 Å². The molecule has 1 aliphatic heterocycles. The van der Waals surface area contributed by atoms with Crippen molar-refractivity contribution >= 4 is 17.7 Å². The van der Waals surface area contributed by atoms with Gasteiger partial charge in [-0.2, -0.15) is 0 Å². The molecule has 0 bridgehead atoms. The van der Waals surface area contributed by atoms with Gasteiger partial charge >= 0.3 is 5.97 Å². The van der Waals surface area contributed by atoms with Gasteiger partial charge in [-0.3, -0.25) is 14.4 Å². The summed E-state index contributed by atoms with van der Waals surface area (Å²) >= 11 is 0. The normalized spacial score (nSPS) is 22.6. The fourth-order valence-corrected chi connectivity index (χ4v) is 2.94. The van der Waals surface area contributed by atoms with Gasteiger partial charge in [0.05, 0.1) is 6.04 Å². The molecule has 0 aromatic heterocycles. The van der Waals surface area contributed by atoms with Gasteiger partial charge in [0.15, 0.2) is 5.41 Å². The molecule has 1 amide bonds.